The van der Waals surface area contributed by atoms with Gasteiger partial charge in [-0.05, 0) is 38.5 Å². The SMILES string of the molecule is CC(C)(C)O[C@H](C(=O)NS(=O)(=O)c1cccc(F)c1C#N)c1ccccc1. The molecule has 0 aliphatic rings. The number of hydrogen-bond acceptors (Lipinski definition) is 5. The average molecular weight is 390 g/mol. The predicted molar refractivity (Wildman–Crippen MR) is 96.5 cm³/mol. The second-order valence-corrected chi connectivity index (χ2v) is 8.37. The predicted octanol–water partition coefficient (Wildman–Crippen LogP) is 3.06. The molecule has 0 bridgehead atoms. The summed E-state index contributed by atoms with van der Waals surface area (Å²) < 4.78 is 46.5. The summed E-state index contributed by atoms with van der Waals surface area (Å²) in [6.07, 6.45) is -1.21. The normalized spacial score (nSPS) is 12.9. The fourth-order valence-corrected chi connectivity index (χ4v) is 3.48. The molecule has 2 aromatic carbocycles. The maximum atomic E-state index is 13.7. The molecule has 1 atom stereocenters. The summed E-state index contributed by atoms with van der Waals surface area (Å²) in [6, 6.07) is 13.1. The van der Waals surface area contributed by atoms with Crippen molar-refractivity contribution in [3.63, 3.8) is 0 Å². The van der Waals surface area contributed by atoms with Crippen molar-refractivity contribution in [1.29, 1.82) is 5.26 Å². The van der Waals surface area contributed by atoms with Gasteiger partial charge in [-0.1, -0.05) is 36.4 Å². The molecule has 2 rings (SSSR count). The molecule has 0 fully saturated rings. The van der Waals surface area contributed by atoms with Crippen LogP contribution >= 0.6 is 0 Å². The molecule has 0 unspecified atom stereocenters. The highest BCUT2D eigenvalue weighted by Crippen LogP contribution is 2.25. The minimum atomic E-state index is -4.48. The Morgan fingerprint density at radius 1 is 1.15 bits per heavy atom. The first-order valence-corrected chi connectivity index (χ1v) is 9.51. The third-order valence-electron chi connectivity index (χ3n) is 3.42. The van der Waals surface area contributed by atoms with E-state index in [2.05, 4.69) is 0 Å². The molecule has 0 radical (unpaired) electrons. The highest BCUT2D eigenvalue weighted by molar-refractivity contribution is 7.90. The molecule has 0 heterocycles. The van der Waals surface area contributed by atoms with E-state index < -0.39 is 43.9 Å². The lowest BCUT2D eigenvalue weighted by atomic mass is 10.1. The summed E-state index contributed by atoms with van der Waals surface area (Å²) >= 11 is 0. The lowest BCUT2D eigenvalue weighted by Gasteiger charge is -2.27. The number of carbonyl (C=O) groups is 1. The van der Waals surface area contributed by atoms with E-state index in [0.717, 1.165) is 18.2 Å². The van der Waals surface area contributed by atoms with E-state index >= 15 is 0 Å². The Bertz CT molecular complexity index is 977. The molecule has 27 heavy (non-hydrogen) atoms. The summed E-state index contributed by atoms with van der Waals surface area (Å²) in [5.74, 6) is -1.93. The van der Waals surface area contributed by atoms with E-state index in [1.807, 2.05) is 4.72 Å². The first kappa shape index (κ1) is 20.6. The first-order valence-electron chi connectivity index (χ1n) is 8.03. The van der Waals surface area contributed by atoms with Crippen LogP contribution in [0.15, 0.2) is 53.4 Å². The van der Waals surface area contributed by atoms with Crippen LogP contribution in [0.1, 0.15) is 38.0 Å². The molecular weight excluding hydrogens is 371 g/mol. The van der Waals surface area contributed by atoms with Gasteiger partial charge in [0.15, 0.2) is 6.10 Å². The Balaban J connectivity index is 2.40. The second kappa shape index (κ2) is 7.86. The highest BCUT2D eigenvalue weighted by Gasteiger charge is 2.31. The van der Waals surface area contributed by atoms with Crippen molar-refractivity contribution in [3.8, 4) is 6.07 Å². The van der Waals surface area contributed by atoms with Crippen LogP contribution in [0.25, 0.3) is 0 Å². The average Bonchev–Trinajstić information content (AvgIpc) is 2.59. The number of benzene rings is 2. The van der Waals surface area contributed by atoms with Gasteiger partial charge >= 0.3 is 0 Å². The van der Waals surface area contributed by atoms with Crippen molar-refractivity contribution in [2.24, 2.45) is 0 Å². The van der Waals surface area contributed by atoms with Gasteiger partial charge in [-0.2, -0.15) is 5.26 Å². The third-order valence-corrected chi connectivity index (χ3v) is 4.81. The lowest BCUT2D eigenvalue weighted by molar-refractivity contribution is -0.141. The van der Waals surface area contributed by atoms with E-state index in [1.54, 1.807) is 51.1 Å². The smallest absolute Gasteiger partial charge is 0.267 e. The minimum absolute atomic E-state index is 0.458. The fourth-order valence-electron chi connectivity index (χ4n) is 2.33. The zero-order chi connectivity index (χ0) is 20.2. The van der Waals surface area contributed by atoms with E-state index in [4.69, 9.17) is 10.00 Å². The Kier molecular flexibility index (Phi) is 5.98. The molecule has 1 N–H and O–H groups in total. The summed E-state index contributed by atoms with van der Waals surface area (Å²) in [4.78, 5) is 12.1. The van der Waals surface area contributed by atoms with Gasteiger partial charge in [-0.25, -0.2) is 17.5 Å². The third kappa shape index (κ3) is 5.12. The van der Waals surface area contributed by atoms with Gasteiger partial charge in [0, 0.05) is 0 Å². The van der Waals surface area contributed by atoms with Crippen LogP contribution in [0.5, 0.6) is 0 Å². The van der Waals surface area contributed by atoms with Crippen molar-refractivity contribution >= 4 is 15.9 Å². The number of rotatable bonds is 5. The van der Waals surface area contributed by atoms with Crippen LogP contribution in [-0.2, 0) is 19.6 Å². The van der Waals surface area contributed by atoms with Crippen LogP contribution in [0, 0.1) is 17.1 Å². The molecule has 0 aliphatic carbocycles. The van der Waals surface area contributed by atoms with Crippen LogP contribution in [0.2, 0.25) is 0 Å². The summed E-state index contributed by atoms with van der Waals surface area (Å²) in [7, 11) is -4.48. The Morgan fingerprint density at radius 3 is 2.33 bits per heavy atom. The van der Waals surface area contributed by atoms with Gasteiger partial charge in [0.25, 0.3) is 15.9 Å². The van der Waals surface area contributed by atoms with Crippen molar-refractivity contribution in [2.75, 3.05) is 0 Å². The van der Waals surface area contributed by atoms with Crippen LogP contribution in [-0.4, -0.2) is 19.9 Å². The number of hydrogen-bond donors (Lipinski definition) is 1. The van der Waals surface area contributed by atoms with Crippen LogP contribution < -0.4 is 4.72 Å². The van der Waals surface area contributed by atoms with Gasteiger partial charge in [-0.3, -0.25) is 4.79 Å². The number of carbonyl (C=O) groups excluding carboxylic acids is 1. The van der Waals surface area contributed by atoms with Gasteiger partial charge in [0.05, 0.1) is 5.60 Å². The molecule has 8 heteroatoms. The highest BCUT2D eigenvalue weighted by atomic mass is 32.2. The van der Waals surface area contributed by atoms with Gasteiger partial charge < -0.3 is 4.74 Å². The molecule has 2 aromatic rings. The number of nitriles is 1. The fraction of sp³-hybridized carbons (Fsp3) is 0.263. The molecule has 6 nitrogen and oxygen atoms in total. The molecule has 0 saturated carbocycles. The van der Waals surface area contributed by atoms with Crippen LogP contribution in [0.4, 0.5) is 4.39 Å². The van der Waals surface area contributed by atoms with Crippen molar-refractivity contribution in [1.82, 2.24) is 4.72 Å². The monoisotopic (exact) mass is 390 g/mol. The number of ether oxygens (including phenoxy) is 1. The summed E-state index contributed by atoms with van der Waals surface area (Å²) in [5.41, 5.74) is -0.941. The summed E-state index contributed by atoms with van der Waals surface area (Å²) in [6.45, 7) is 5.18. The zero-order valence-electron chi connectivity index (χ0n) is 15.1. The Morgan fingerprint density at radius 2 is 1.78 bits per heavy atom. The number of sulfonamides is 1. The number of nitrogens with one attached hydrogen (secondary N) is 1. The first-order chi connectivity index (χ1) is 12.5. The lowest BCUT2D eigenvalue weighted by Crippen LogP contribution is -2.38. The number of nitrogens with zero attached hydrogens (tertiary/aromatic N) is 1. The van der Waals surface area contributed by atoms with Crippen LogP contribution in [0.3, 0.4) is 0 Å². The van der Waals surface area contributed by atoms with Crippen molar-refractivity contribution in [3.05, 3.63) is 65.5 Å². The standard InChI is InChI=1S/C19H19FN2O4S/c1-19(2,3)26-17(13-8-5-4-6-9-13)18(23)22-27(24,25)16-11-7-10-15(20)14(16)12-21/h4-11,17H,1-3H3,(H,22,23)/t17-/m0/s1. The topological polar surface area (TPSA) is 96.3 Å². The van der Waals surface area contributed by atoms with Crippen molar-refractivity contribution < 1.29 is 22.3 Å². The molecule has 0 aromatic heterocycles. The molecule has 0 aliphatic heterocycles. The summed E-state index contributed by atoms with van der Waals surface area (Å²) in [5, 5.41) is 9.04. The second-order valence-electron chi connectivity index (χ2n) is 6.72. The molecule has 0 saturated heterocycles. The maximum Gasteiger partial charge on any atom is 0.267 e. The molecule has 142 valence electrons. The van der Waals surface area contributed by atoms with E-state index in [9.17, 15) is 17.6 Å². The Hall–Kier alpha value is -2.76. The van der Waals surface area contributed by atoms with Gasteiger partial charge in [-0.15, -0.1) is 0 Å². The van der Waals surface area contributed by atoms with E-state index in [-0.39, 0.29) is 0 Å². The van der Waals surface area contributed by atoms with Gasteiger partial charge in [0.2, 0.25) is 0 Å². The van der Waals surface area contributed by atoms with Gasteiger partial charge in [0.1, 0.15) is 22.3 Å². The van der Waals surface area contributed by atoms with E-state index in [0.29, 0.717) is 5.56 Å². The number of amides is 1. The minimum Gasteiger partial charge on any atom is -0.358 e. The molecule has 0 spiro atoms. The van der Waals surface area contributed by atoms with E-state index in [1.165, 1.54) is 6.07 Å². The largest absolute Gasteiger partial charge is 0.358 e. The number of halogens is 1. The van der Waals surface area contributed by atoms with Crippen molar-refractivity contribution in [2.45, 2.75) is 37.4 Å². The quantitative estimate of drug-likeness (QED) is 0.846. The maximum absolute atomic E-state index is 13.7. The molecular formula is C19H19FN2O4S. The molecule has 1 amide bonds. The zero-order valence-corrected chi connectivity index (χ0v) is 15.9. The Labute approximate surface area is 157 Å².